The molecular weight excluding hydrogens is 300 g/mol. The number of amides is 1. The zero-order valence-electron chi connectivity index (χ0n) is 15.0. The summed E-state index contributed by atoms with van der Waals surface area (Å²) in [6, 6.07) is 4.59. The van der Waals surface area contributed by atoms with Crippen molar-refractivity contribution in [2.45, 2.75) is 44.6 Å². The van der Waals surface area contributed by atoms with E-state index in [0.717, 1.165) is 18.4 Å². The zero-order valence-corrected chi connectivity index (χ0v) is 15.0. The van der Waals surface area contributed by atoms with Gasteiger partial charge in [0.1, 0.15) is 5.82 Å². The average Bonchev–Trinajstić information content (AvgIpc) is 3.09. The maximum Gasteiger partial charge on any atom is 0.254 e. The summed E-state index contributed by atoms with van der Waals surface area (Å²) in [7, 11) is 3.51. The first-order chi connectivity index (χ1) is 11.6. The second-order valence-corrected chi connectivity index (χ2v) is 7.45. The van der Waals surface area contributed by atoms with Gasteiger partial charge in [-0.3, -0.25) is 4.79 Å². The zero-order chi connectivity index (χ0) is 16.9. The van der Waals surface area contributed by atoms with Crippen molar-refractivity contribution in [1.82, 2.24) is 14.8 Å². The highest BCUT2D eigenvalue weighted by Gasteiger charge is 2.28. The molecule has 2 aliphatic rings. The van der Waals surface area contributed by atoms with Crippen LogP contribution in [0, 0.1) is 5.92 Å². The highest BCUT2D eigenvalue weighted by molar-refractivity contribution is 5.93. The highest BCUT2D eigenvalue weighted by atomic mass is 16.2. The Labute approximate surface area is 145 Å². The lowest BCUT2D eigenvalue weighted by molar-refractivity contribution is 0.0827. The fourth-order valence-corrected chi connectivity index (χ4v) is 3.94. The van der Waals surface area contributed by atoms with Gasteiger partial charge in [-0.25, -0.2) is 4.98 Å². The van der Waals surface area contributed by atoms with Gasteiger partial charge in [0.15, 0.2) is 0 Å². The molecule has 132 valence electrons. The third-order valence-electron chi connectivity index (χ3n) is 5.40. The molecule has 3 rings (SSSR count). The minimum atomic E-state index is -0.00651. The van der Waals surface area contributed by atoms with E-state index in [1.54, 1.807) is 25.2 Å². The molecular formula is C19H30N4O. The van der Waals surface area contributed by atoms with Crippen LogP contribution in [0.15, 0.2) is 18.3 Å². The summed E-state index contributed by atoms with van der Waals surface area (Å²) < 4.78 is 0. The maximum atomic E-state index is 11.9. The Bertz CT molecular complexity index is 537. The normalized spacial score (nSPS) is 22.5. The van der Waals surface area contributed by atoms with E-state index in [9.17, 15) is 4.79 Å². The first kappa shape index (κ1) is 17.2. The van der Waals surface area contributed by atoms with Gasteiger partial charge in [0.25, 0.3) is 5.91 Å². The first-order valence-electron chi connectivity index (χ1n) is 9.29. The van der Waals surface area contributed by atoms with Crippen LogP contribution in [0.2, 0.25) is 0 Å². The molecule has 2 fully saturated rings. The minimum absolute atomic E-state index is 0.00651. The average molecular weight is 330 g/mol. The molecule has 0 bridgehead atoms. The SMILES string of the molecule is CN(C)C(=O)c1ccc(NCC2CCN(C3CCCCC3)C2)nc1. The Morgan fingerprint density at radius 3 is 2.71 bits per heavy atom. The molecule has 1 amide bonds. The Morgan fingerprint density at radius 2 is 2.04 bits per heavy atom. The number of aromatic nitrogens is 1. The van der Waals surface area contributed by atoms with Crippen molar-refractivity contribution in [2.75, 3.05) is 39.0 Å². The molecule has 1 N–H and O–H groups in total. The standard InChI is InChI=1S/C19H30N4O/c1-22(2)19(24)16-8-9-18(21-13-16)20-12-15-10-11-23(14-15)17-6-4-3-5-7-17/h8-9,13,15,17H,3-7,10-12,14H2,1-2H3,(H,20,21). The molecule has 1 aromatic heterocycles. The van der Waals surface area contributed by atoms with E-state index in [0.29, 0.717) is 11.5 Å². The lowest BCUT2D eigenvalue weighted by Crippen LogP contribution is -2.35. The topological polar surface area (TPSA) is 48.5 Å². The number of hydrogen-bond acceptors (Lipinski definition) is 4. The van der Waals surface area contributed by atoms with Crippen LogP contribution in [0.4, 0.5) is 5.82 Å². The summed E-state index contributed by atoms with van der Waals surface area (Å²) in [5.74, 6) is 1.56. The fraction of sp³-hybridized carbons (Fsp3) is 0.684. The molecule has 1 aromatic rings. The summed E-state index contributed by atoms with van der Waals surface area (Å²) in [6.07, 6.45) is 9.96. The van der Waals surface area contributed by atoms with Gasteiger partial charge < -0.3 is 15.1 Å². The molecule has 0 radical (unpaired) electrons. The molecule has 5 nitrogen and oxygen atoms in total. The Kier molecular flexibility index (Phi) is 5.72. The van der Waals surface area contributed by atoms with E-state index in [4.69, 9.17) is 0 Å². The largest absolute Gasteiger partial charge is 0.370 e. The summed E-state index contributed by atoms with van der Waals surface area (Å²) in [5, 5.41) is 3.44. The predicted octanol–water partition coefficient (Wildman–Crippen LogP) is 2.85. The lowest BCUT2D eigenvalue weighted by Gasteiger charge is -2.31. The molecule has 1 saturated heterocycles. The van der Waals surface area contributed by atoms with Crippen molar-refractivity contribution >= 4 is 11.7 Å². The van der Waals surface area contributed by atoms with Gasteiger partial charge in [-0.05, 0) is 43.9 Å². The maximum absolute atomic E-state index is 11.9. The van der Waals surface area contributed by atoms with Crippen molar-refractivity contribution < 1.29 is 4.79 Å². The van der Waals surface area contributed by atoms with E-state index >= 15 is 0 Å². The Balaban J connectivity index is 1.45. The lowest BCUT2D eigenvalue weighted by atomic mass is 9.94. The van der Waals surface area contributed by atoms with Crippen molar-refractivity contribution in [2.24, 2.45) is 5.92 Å². The van der Waals surface area contributed by atoms with Crippen molar-refractivity contribution in [3.8, 4) is 0 Å². The summed E-state index contributed by atoms with van der Waals surface area (Å²) in [5.41, 5.74) is 0.634. The number of pyridine rings is 1. The molecule has 1 aliphatic heterocycles. The number of carbonyl (C=O) groups excluding carboxylic acids is 1. The van der Waals surface area contributed by atoms with Crippen LogP contribution in [0.3, 0.4) is 0 Å². The van der Waals surface area contributed by atoms with Gasteiger partial charge in [-0.1, -0.05) is 19.3 Å². The summed E-state index contributed by atoms with van der Waals surface area (Å²) in [4.78, 5) is 20.5. The monoisotopic (exact) mass is 330 g/mol. The highest BCUT2D eigenvalue weighted by Crippen LogP contribution is 2.27. The molecule has 1 saturated carbocycles. The van der Waals surface area contributed by atoms with Gasteiger partial charge in [0, 0.05) is 39.4 Å². The number of likely N-dealkylation sites (tertiary alicyclic amines) is 1. The van der Waals surface area contributed by atoms with E-state index < -0.39 is 0 Å². The van der Waals surface area contributed by atoms with E-state index in [-0.39, 0.29) is 5.91 Å². The van der Waals surface area contributed by atoms with Gasteiger partial charge >= 0.3 is 0 Å². The molecule has 1 unspecified atom stereocenters. The minimum Gasteiger partial charge on any atom is -0.370 e. The number of hydrogen-bond donors (Lipinski definition) is 1. The van der Waals surface area contributed by atoms with Crippen LogP contribution >= 0.6 is 0 Å². The Morgan fingerprint density at radius 1 is 1.25 bits per heavy atom. The van der Waals surface area contributed by atoms with Crippen LogP contribution in [0.25, 0.3) is 0 Å². The molecule has 1 aliphatic carbocycles. The predicted molar refractivity (Wildman–Crippen MR) is 97.3 cm³/mol. The molecule has 2 heterocycles. The Hall–Kier alpha value is -1.62. The number of carbonyl (C=O) groups is 1. The molecule has 0 spiro atoms. The van der Waals surface area contributed by atoms with Crippen molar-refractivity contribution in [1.29, 1.82) is 0 Å². The number of anilines is 1. The quantitative estimate of drug-likeness (QED) is 0.902. The van der Waals surface area contributed by atoms with Crippen LogP contribution in [-0.2, 0) is 0 Å². The van der Waals surface area contributed by atoms with E-state index in [1.165, 1.54) is 51.6 Å². The second-order valence-electron chi connectivity index (χ2n) is 7.45. The van der Waals surface area contributed by atoms with Gasteiger partial charge in [-0.2, -0.15) is 0 Å². The molecule has 24 heavy (non-hydrogen) atoms. The number of nitrogens with one attached hydrogen (secondary N) is 1. The first-order valence-corrected chi connectivity index (χ1v) is 9.29. The smallest absolute Gasteiger partial charge is 0.254 e. The van der Waals surface area contributed by atoms with Crippen LogP contribution in [0.5, 0.6) is 0 Å². The van der Waals surface area contributed by atoms with Crippen LogP contribution in [-0.4, -0.2) is 60.5 Å². The van der Waals surface area contributed by atoms with Crippen molar-refractivity contribution in [3.05, 3.63) is 23.9 Å². The number of rotatable bonds is 5. The summed E-state index contributed by atoms with van der Waals surface area (Å²) in [6.45, 7) is 3.44. The van der Waals surface area contributed by atoms with Crippen LogP contribution in [0.1, 0.15) is 48.9 Å². The molecule has 5 heteroatoms. The molecule has 1 atom stereocenters. The van der Waals surface area contributed by atoms with Crippen LogP contribution < -0.4 is 5.32 Å². The van der Waals surface area contributed by atoms with Gasteiger partial charge in [0.05, 0.1) is 5.56 Å². The van der Waals surface area contributed by atoms with Crippen molar-refractivity contribution in [3.63, 3.8) is 0 Å². The molecule has 0 aromatic carbocycles. The third-order valence-corrected chi connectivity index (χ3v) is 5.40. The van der Waals surface area contributed by atoms with E-state index in [2.05, 4.69) is 15.2 Å². The van der Waals surface area contributed by atoms with Gasteiger partial charge in [-0.15, -0.1) is 0 Å². The third kappa shape index (κ3) is 4.26. The number of nitrogens with zero attached hydrogens (tertiary/aromatic N) is 3. The van der Waals surface area contributed by atoms with E-state index in [1.807, 2.05) is 12.1 Å². The van der Waals surface area contributed by atoms with Gasteiger partial charge in [0.2, 0.25) is 0 Å². The summed E-state index contributed by atoms with van der Waals surface area (Å²) >= 11 is 0. The second kappa shape index (κ2) is 7.97. The fourth-order valence-electron chi connectivity index (χ4n) is 3.94.